The zero-order valence-electron chi connectivity index (χ0n) is 10.2. The molecule has 0 aromatic carbocycles. The minimum absolute atomic E-state index is 0.0764. The van der Waals surface area contributed by atoms with Gasteiger partial charge in [0, 0.05) is 6.04 Å². The Morgan fingerprint density at radius 3 is 2.31 bits per heavy atom. The van der Waals surface area contributed by atoms with E-state index >= 15 is 0 Å². The minimum Gasteiger partial charge on any atom is -0.480 e. The zero-order valence-corrected chi connectivity index (χ0v) is 10.2. The molecule has 1 unspecified atom stereocenters. The summed E-state index contributed by atoms with van der Waals surface area (Å²) in [5, 5.41) is 13.7. The van der Waals surface area contributed by atoms with Gasteiger partial charge in [-0.25, -0.2) is 4.79 Å². The molecule has 0 saturated heterocycles. The fourth-order valence-electron chi connectivity index (χ4n) is 1.30. The van der Waals surface area contributed by atoms with E-state index in [0.29, 0.717) is 0 Å². The molecule has 0 spiro atoms. The Morgan fingerprint density at radius 2 is 1.81 bits per heavy atom. The number of carboxylic acid groups (broad SMARTS) is 1. The van der Waals surface area contributed by atoms with E-state index in [4.69, 9.17) is 5.11 Å². The first kappa shape index (κ1) is 14.7. The predicted octanol–water partition coefficient (Wildman–Crippen LogP) is 1.73. The van der Waals surface area contributed by atoms with Crippen molar-refractivity contribution >= 4 is 12.0 Å². The molecule has 0 heterocycles. The summed E-state index contributed by atoms with van der Waals surface area (Å²) < 4.78 is 0. The fraction of sp³-hybridized carbons (Fsp3) is 0.818. The summed E-state index contributed by atoms with van der Waals surface area (Å²) in [6, 6.07) is -1.20. The number of hydrogen-bond acceptors (Lipinski definition) is 2. The molecule has 0 bridgehead atoms. The molecule has 0 fully saturated rings. The topological polar surface area (TPSA) is 78.4 Å². The van der Waals surface area contributed by atoms with E-state index in [-0.39, 0.29) is 6.04 Å². The largest absolute Gasteiger partial charge is 0.480 e. The molecule has 0 aliphatic rings. The highest BCUT2D eigenvalue weighted by atomic mass is 16.4. The van der Waals surface area contributed by atoms with E-state index in [0.717, 1.165) is 25.7 Å². The van der Waals surface area contributed by atoms with Crippen LogP contribution in [0.4, 0.5) is 4.79 Å². The maximum Gasteiger partial charge on any atom is 0.325 e. The number of unbranched alkanes of at least 4 members (excludes halogenated alkanes) is 2. The number of rotatable bonds is 7. The van der Waals surface area contributed by atoms with Crippen LogP contribution in [0.5, 0.6) is 0 Å². The third-order valence-corrected chi connectivity index (χ3v) is 2.34. The second kappa shape index (κ2) is 7.96. The first-order valence-corrected chi connectivity index (χ1v) is 5.77. The molecule has 2 amide bonds. The lowest BCUT2D eigenvalue weighted by Crippen LogP contribution is -2.47. The molecule has 5 heteroatoms. The molecule has 5 nitrogen and oxygen atoms in total. The lowest BCUT2D eigenvalue weighted by atomic mass is 10.1. The smallest absolute Gasteiger partial charge is 0.325 e. The molecule has 0 radical (unpaired) electrons. The van der Waals surface area contributed by atoms with Crippen molar-refractivity contribution in [2.24, 2.45) is 0 Å². The first-order chi connectivity index (χ1) is 7.47. The van der Waals surface area contributed by atoms with E-state index in [9.17, 15) is 9.59 Å². The summed E-state index contributed by atoms with van der Waals surface area (Å²) in [4.78, 5) is 21.8. The van der Waals surface area contributed by atoms with Crippen molar-refractivity contribution in [3.8, 4) is 0 Å². The molecule has 0 saturated carbocycles. The van der Waals surface area contributed by atoms with Crippen LogP contribution in [-0.4, -0.2) is 29.2 Å². The van der Waals surface area contributed by atoms with Gasteiger partial charge in [-0.2, -0.15) is 0 Å². The van der Waals surface area contributed by atoms with Crippen LogP contribution in [0.1, 0.15) is 46.5 Å². The summed E-state index contributed by atoms with van der Waals surface area (Å²) in [6.07, 6.45) is 4.29. The lowest BCUT2D eigenvalue weighted by molar-refractivity contribution is -0.138. The minimum atomic E-state index is -1.03. The van der Waals surface area contributed by atoms with Crippen molar-refractivity contribution in [2.45, 2.75) is 58.5 Å². The van der Waals surface area contributed by atoms with Gasteiger partial charge >= 0.3 is 12.0 Å². The number of aliphatic carboxylic acids is 1. The average Bonchev–Trinajstić information content (AvgIpc) is 2.17. The van der Waals surface area contributed by atoms with E-state index in [1.165, 1.54) is 6.92 Å². The Bertz CT molecular complexity index is 231. The highest BCUT2D eigenvalue weighted by Crippen LogP contribution is 2.02. The van der Waals surface area contributed by atoms with Gasteiger partial charge < -0.3 is 15.7 Å². The number of carbonyl (C=O) groups excluding carboxylic acids is 1. The van der Waals surface area contributed by atoms with Crippen LogP contribution in [0.2, 0.25) is 0 Å². The maximum atomic E-state index is 11.3. The quantitative estimate of drug-likeness (QED) is 0.583. The predicted molar refractivity (Wildman–Crippen MR) is 62.4 cm³/mol. The molecule has 94 valence electrons. The van der Waals surface area contributed by atoms with E-state index in [1.807, 2.05) is 6.92 Å². The Morgan fingerprint density at radius 1 is 1.19 bits per heavy atom. The number of carbonyl (C=O) groups is 2. The second-order valence-corrected chi connectivity index (χ2v) is 4.07. The van der Waals surface area contributed by atoms with Crippen LogP contribution in [-0.2, 0) is 4.79 Å². The van der Waals surface area contributed by atoms with Crippen LogP contribution in [0.15, 0.2) is 0 Å². The SMILES string of the molecule is CCCCCC(C)NC(=O)N[C@H](C)C(=O)O. The standard InChI is InChI=1S/C11H22N2O3/c1-4-5-6-7-8(2)12-11(16)13-9(3)10(14)15/h8-9H,4-7H2,1-3H3,(H,14,15)(H2,12,13,16)/t8?,9-/m1/s1. The third kappa shape index (κ3) is 7.09. The molecule has 16 heavy (non-hydrogen) atoms. The summed E-state index contributed by atoms with van der Waals surface area (Å²) in [6.45, 7) is 5.48. The van der Waals surface area contributed by atoms with Crippen LogP contribution in [0, 0.1) is 0 Å². The van der Waals surface area contributed by atoms with Gasteiger partial charge in [0.1, 0.15) is 6.04 Å². The number of carboxylic acids is 1. The summed E-state index contributed by atoms with van der Waals surface area (Å²) in [5.41, 5.74) is 0. The number of hydrogen-bond donors (Lipinski definition) is 3. The average molecular weight is 230 g/mol. The molecule has 0 aromatic rings. The monoisotopic (exact) mass is 230 g/mol. The third-order valence-electron chi connectivity index (χ3n) is 2.34. The van der Waals surface area contributed by atoms with Crippen LogP contribution in [0.3, 0.4) is 0 Å². The Balaban J connectivity index is 3.73. The number of urea groups is 1. The van der Waals surface area contributed by atoms with Crippen LogP contribution in [0.25, 0.3) is 0 Å². The second-order valence-electron chi connectivity index (χ2n) is 4.07. The lowest BCUT2D eigenvalue weighted by Gasteiger charge is -2.16. The molecule has 0 aliphatic carbocycles. The van der Waals surface area contributed by atoms with Gasteiger partial charge in [0.15, 0.2) is 0 Å². The van der Waals surface area contributed by atoms with Crippen molar-refractivity contribution in [1.29, 1.82) is 0 Å². The van der Waals surface area contributed by atoms with Gasteiger partial charge in [-0.15, -0.1) is 0 Å². The van der Waals surface area contributed by atoms with Gasteiger partial charge in [0.2, 0.25) is 0 Å². The molecule has 0 aromatic heterocycles. The van der Waals surface area contributed by atoms with Crippen molar-refractivity contribution < 1.29 is 14.7 Å². The van der Waals surface area contributed by atoms with E-state index in [2.05, 4.69) is 17.6 Å². The van der Waals surface area contributed by atoms with Crippen molar-refractivity contribution in [2.75, 3.05) is 0 Å². The Hall–Kier alpha value is -1.26. The molecule has 0 rings (SSSR count). The van der Waals surface area contributed by atoms with Gasteiger partial charge in [-0.1, -0.05) is 26.2 Å². The van der Waals surface area contributed by atoms with Crippen LogP contribution >= 0.6 is 0 Å². The zero-order chi connectivity index (χ0) is 12.6. The molecular formula is C11H22N2O3. The first-order valence-electron chi connectivity index (χ1n) is 5.77. The summed E-state index contributed by atoms with van der Waals surface area (Å²) >= 11 is 0. The van der Waals surface area contributed by atoms with Gasteiger partial charge in [0.25, 0.3) is 0 Å². The molecular weight excluding hydrogens is 208 g/mol. The van der Waals surface area contributed by atoms with Crippen molar-refractivity contribution in [3.63, 3.8) is 0 Å². The molecule has 3 N–H and O–H groups in total. The van der Waals surface area contributed by atoms with E-state index in [1.54, 1.807) is 0 Å². The Kier molecular flexibility index (Phi) is 7.33. The number of nitrogens with one attached hydrogen (secondary N) is 2. The normalized spacial score (nSPS) is 13.9. The van der Waals surface area contributed by atoms with Gasteiger partial charge in [-0.05, 0) is 20.3 Å². The van der Waals surface area contributed by atoms with Gasteiger partial charge in [0.05, 0.1) is 0 Å². The molecule has 2 atom stereocenters. The van der Waals surface area contributed by atoms with Crippen LogP contribution < -0.4 is 10.6 Å². The van der Waals surface area contributed by atoms with E-state index < -0.39 is 18.0 Å². The van der Waals surface area contributed by atoms with Crippen molar-refractivity contribution in [3.05, 3.63) is 0 Å². The van der Waals surface area contributed by atoms with Gasteiger partial charge in [-0.3, -0.25) is 4.79 Å². The van der Waals surface area contributed by atoms with Crippen molar-refractivity contribution in [1.82, 2.24) is 10.6 Å². The number of amides is 2. The fourth-order valence-corrected chi connectivity index (χ4v) is 1.30. The summed E-state index contributed by atoms with van der Waals surface area (Å²) in [7, 11) is 0. The summed E-state index contributed by atoms with van der Waals surface area (Å²) in [5.74, 6) is -1.03. The Labute approximate surface area is 96.6 Å². The highest BCUT2D eigenvalue weighted by molar-refractivity contribution is 5.82. The highest BCUT2D eigenvalue weighted by Gasteiger charge is 2.14. The molecule has 0 aliphatic heterocycles. The maximum absolute atomic E-state index is 11.3.